The fourth-order valence-corrected chi connectivity index (χ4v) is 3.36. The Bertz CT molecular complexity index is 1110. The number of carbonyl (C=O) groups excluding carboxylic acids is 2. The Balaban J connectivity index is 1.68. The molecular weight excluding hydrogens is 436 g/mol. The quantitative estimate of drug-likeness (QED) is 0.186. The summed E-state index contributed by atoms with van der Waals surface area (Å²) in [5.41, 5.74) is 1.48. The van der Waals surface area contributed by atoms with Gasteiger partial charge < -0.3 is 23.8 Å². The number of ether oxygens (including phenoxy) is 4. The number of rotatable bonds is 9. The van der Waals surface area contributed by atoms with E-state index in [1.807, 2.05) is 24.3 Å². The maximum Gasteiger partial charge on any atom is 0.349 e. The third-order valence-electron chi connectivity index (χ3n) is 5.05. The van der Waals surface area contributed by atoms with Crippen molar-refractivity contribution in [3.63, 3.8) is 0 Å². The van der Waals surface area contributed by atoms with Crippen LogP contribution in [0.5, 0.6) is 17.2 Å². The second-order valence-electron chi connectivity index (χ2n) is 7.35. The Morgan fingerprint density at radius 3 is 2.62 bits per heavy atom. The van der Waals surface area contributed by atoms with Gasteiger partial charge in [-0.3, -0.25) is 4.79 Å². The Hall–Kier alpha value is -4.09. The van der Waals surface area contributed by atoms with E-state index in [-0.39, 0.29) is 29.6 Å². The molecule has 1 saturated heterocycles. The van der Waals surface area contributed by atoms with Crippen LogP contribution in [0, 0.1) is 11.3 Å². The maximum atomic E-state index is 12.6. The molecule has 1 aliphatic heterocycles. The Labute approximate surface area is 198 Å². The van der Waals surface area contributed by atoms with Crippen LogP contribution in [0.4, 0.5) is 0 Å². The lowest BCUT2D eigenvalue weighted by Crippen LogP contribution is -2.41. The normalized spacial score (nSPS) is 13.5. The maximum absolute atomic E-state index is 12.6. The highest BCUT2D eigenvalue weighted by atomic mass is 16.6. The van der Waals surface area contributed by atoms with E-state index in [0.717, 1.165) is 5.56 Å². The average molecular weight is 463 g/mol. The molecule has 1 heterocycles. The van der Waals surface area contributed by atoms with E-state index in [0.29, 0.717) is 44.0 Å². The van der Waals surface area contributed by atoms with Crippen LogP contribution in [0.2, 0.25) is 0 Å². The molecule has 0 spiro atoms. The fraction of sp³-hybridized carbons (Fsp3) is 0.269. The number of nitrogens with zero attached hydrogens (tertiary/aromatic N) is 2. The molecule has 2 aromatic rings. The molecule has 8 heteroatoms. The van der Waals surface area contributed by atoms with Gasteiger partial charge in [0.15, 0.2) is 18.1 Å². The molecule has 0 aromatic heterocycles. The smallest absolute Gasteiger partial charge is 0.349 e. The van der Waals surface area contributed by atoms with Crippen LogP contribution in [0.15, 0.2) is 60.7 Å². The zero-order valence-corrected chi connectivity index (χ0v) is 19.0. The number of hydrogen-bond acceptors (Lipinski definition) is 7. The summed E-state index contributed by atoms with van der Waals surface area (Å²) in [4.78, 5) is 26.6. The highest BCUT2D eigenvalue weighted by Gasteiger charge is 2.21. The first-order chi connectivity index (χ1) is 16.5. The van der Waals surface area contributed by atoms with Crippen molar-refractivity contribution < 1.29 is 28.5 Å². The van der Waals surface area contributed by atoms with Crippen molar-refractivity contribution in [2.75, 3.05) is 40.0 Å². The zero-order chi connectivity index (χ0) is 24.3. The van der Waals surface area contributed by atoms with Crippen molar-refractivity contribution in [2.24, 2.45) is 0 Å². The molecule has 0 N–H and O–H groups in total. The Morgan fingerprint density at radius 1 is 1.15 bits per heavy atom. The SMILES string of the molecule is C=CCc1ccccc1OCC(=O)Oc1ccc(/C=C(\C#N)C(=O)N2CCOCC2)cc1OC. The lowest BCUT2D eigenvalue weighted by molar-refractivity contribution is -0.136. The molecule has 0 bridgehead atoms. The second kappa shape index (κ2) is 12.2. The fourth-order valence-electron chi connectivity index (χ4n) is 3.36. The number of nitriles is 1. The number of carbonyl (C=O) groups is 2. The molecule has 2 aromatic carbocycles. The molecule has 1 fully saturated rings. The third kappa shape index (κ3) is 6.47. The Morgan fingerprint density at radius 2 is 1.91 bits per heavy atom. The lowest BCUT2D eigenvalue weighted by atomic mass is 10.1. The third-order valence-corrected chi connectivity index (χ3v) is 5.05. The van der Waals surface area contributed by atoms with Crippen molar-refractivity contribution in [1.29, 1.82) is 5.26 Å². The number of amides is 1. The van der Waals surface area contributed by atoms with E-state index in [4.69, 9.17) is 18.9 Å². The number of morpholine rings is 1. The number of para-hydroxylation sites is 1. The van der Waals surface area contributed by atoms with Crippen LogP contribution >= 0.6 is 0 Å². The molecule has 0 radical (unpaired) electrons. The molecule has 8 nitrogen and oxygen atoms in total. The molecule has 0 saturated carbocycles. The van der Waals surface area contributed by atoms with Crippen LogP contribution in [0.25, 0.3) is 6.08 Å². The molecule has 34 heavy (non-hydrogen) atoms. The molecule has 0 unspecified atom stereocenters. The molecule has 3 rings (SSSR count). The van der Waals surface area contributed by atoms with Crippen molar-refractivity contribution in [1.82, 2.24) is 4.90 Å². The largest absolute Gasteiger partial charge is 0.493 e. The van der Waals surface area contributed by atoms with Crippen LogP contribution in [0.3, 0.4) is 0 Å². The molecular formula is C26H26N2O6. The van der Waals surface area contributed by atoms with Gasteiger partial charge in [0.05, 0.1) is 20.3 Å². The monoisotopic (exact) mass is 462 g/mol. The van der Waals surface area contributed by atoms with Gasteiger partial charge in [-0.2, -0.15) is 5.26 Å². The molecule has 176 valence electrons. The standard InChI is InChI=1S/C26H26N2O6/c1-3-6-20-7-4-5-8-22(20)33-18-25(29)34-23-10-9-19(16-24(23)31-2)15-21(17-27)26(30)28-11-13-32-14-12-28/h3-5,7-10,15-16H,1,6,11-14,18H2,2H3/b21-15+. The van der Waals surface area contributed by atoms with Gasteiger partial charge >= 0.3 is 5.97 Å². The van der Waals surface area contributed by atoms with Crippen molar-refractivity contribution in [2.45, 2.75) is 6.42 Å². The van der Waals surface area contributed by atoms with E-state index in [2.05, 4.69) is 6.58 Å². The van der Waals surface area contributed by atoms with Crippen molar-refractivity contribution >= 4 is 18.0 Å². The topological polar surface area (TPSA) is 98.1 Å². The number of benzene rings is 2. The highest BCUT2D eigenvalue weighted by Crippen LogP contribution is 2.29. The summed E-state index contributed by atoms with van der Waals surface area (Å²) in [7, 11) is 1.44. The predicted octanol–water partition coefficient (Wildman–Crippen LogP) is 3.17. The molecule has 1 aliphatic rings. The van der Waals surface area contributed by atoms with E-state index >= 15 is 0 Å². The summed E-state index contributed by atoms with van der Waals surface area (Å²) >= 11 is 0. The summed E-state index contributed by atoms with van der Waals surface area (Å²) in [5, 5.41) is 9.48. The number of methoxy groups -OCH3 is 1. The summed E-state index contributed by atoms with van der Waals surface area (Å²) in [6, 6.07) is 14.1. The minimum absolute atomic E-state index is 0.000266. The van der Waals surface area contributed by atoms with E-state index in [1.54, 1.807) is 35.2 Å². The predicted molar refractivity (Wildman–Crippen MR) is 125 cm³/mol. The molecule has 0 aliphatic carbocycles. The second-order valence-corrected chi connectivity index (χ2v) is 7.35. The van der Waals surface area contributed by atoms with Crippen LogP contribution < -0.4 is 14.2 Å². The lowest BCUT2D eigenvalue weighted by Gasteiger charge is -2.26. The zero-order valence-electron chi connectivity index (χ0n) is 19.0. The highest BCUT2D eigenvalue weighted by molar-refractivity contribution is 6.01. The minimum atomic E-state index is -0.602. The molecule has 0 atom stereocenters. The number of allylic oxidation sites excluding steroid dienone is 1. The van der Waals surface area contributed by atoms with Gasteiger partial charge in [-0.25, -0.2) is 4.79 Å². The number of hydrogen-bond donors (Lipinski definition) is 0. The first-order valence-corrected chi connectivity index (χ1v) is 10.7. The van der Waals surface area contributed by atoms with E-state index in [9.17, 15) is 14.9 Å². The Kier molecular flexibility index (Phi) is 8.83. The van der Waals surface area contributed by atoms with Gasteiger partial charge in [-0.05, 0) is 41.8 Å². The van der Waals surface area contributed by atoms with E-state index in [1.165, 1.54) is 13.2 Å². The average Bonchev–Trinajstić information content (AvgIpc) is 2.87. The molecule has 1 amide bonds. The first-order valence-electron chi connectivity index (χ1n) is 10.7. The summed E-state index contributed by atoms with van der Waals surface area (Å²) in [6.45, 7) is 5.21. The summed E-state index contributed by atoms with van der Waals surface area (Å²) < 4.78 is 21.6. The van der Waals surface area contributed by atoms with Gasteiger partial charge in [0.25, 0.3) is 5.91 Å². The first kappa shape index (κ1) is 24.6. The van der Waals surface area contributed by atoms with Gasteiger partial charge in [-0.1, -0.05) is 30.3 Å². The van der Waals surface area contributed by atoms with E-state index < -0.39 is 5.97 Å². The van der Waals surface area contributed by atoms with Gasteiger partial charge in [0.1, 0.15) is 17.4 Å². The van der Waals surface area contributed by atoms with Crippen LogP contribution in [-0.2, 0) is 20.7 Å². The van der Waals surface area contributed by atoms with Crippen LogP contribution in [-0.4, -0.2) is 56.8 Å². The summed E-state index contributed by atoms with van der Waals surface area (Å²) in [5.74, 6) is 0.112. The van der Waals surface area contributed by atoms with Crippen molar-refractivity contribution in [3.05, 3.63) is 71.8 Å². The van der Waals surface area contributed by atoms with Gasteiger partial charge in [-0.15, -0.1) is 6.58 Å². The van der Waals surface area contributed by atoms with Gasteiger partial charge in [0, 0.05) is 13.1 Å². The van der Waals surface area contributed by atoms with Crippen molar-refractivity contribution in [3.8, 4) is 23.3 Å². The minimum Gasteiger partial charge on any atom is -0.493 e. The van der Waals surface area contributed by atoms with Crippen LogP contribution in [0.1, 0.15) is 11.1 Å². The number of esters is 1. The van der Waals surface area contributed by atoms with Gasteiger partial charge in [0.2, 0.25) is 0 Å². The summed E-state index contributed by atoms with van der Waals surface area (Å²) in [6.07, 6.45) is 3.85.